The number of aliphatic hydroxyl groups is 3. The molecule has 4 N–H and O–H groups in total. The van der Waals surface area contributed by atoms with Crippen molar-refractivity contribution in [2.45, 2.75) is 76.6 Å². The van der Waals surface area contributed by atoms with E-state index in [1.807, 2.05) is 0 Å². The fourth-order valence-electron chi connectivity index (χ4n) is 2.12. The summed E-state index contributed by atoms with van der Waals surface area (Å²) < 4.78 is 0. The van der Waals surface area contributed by atoms with Crippen molar-refractivity contribution in [3.05, 3.63) is 36.5 Å². The van der Waals surface area contributed by atoms with E-state index in [2.05, 4.69) is 18.8 Å². The minimum absolute atomic E-state index is 0. The Balaban J connectivity index is 0. The zero-order valence-electron chi connectivity index (χ0n) is 16.1. The van der Waals surface area contributed by atoms with Gasteiger partial charge in [0.2, 0.25) is 0 Å². The van der Waals surface area contributed by atoms with E-state index in [4.69, 9.17) is 5.11 Å². The minimum Gasteiger partial charge on any atom is -0.481 e. The molecule has 0 bridgehead atoms. The normalized spacial score (nSPS) is 15.9. The summed E-state index contributed by atoms with van der Waals surface area (Å²) >= 11 is 0. The molecule has 0 spiro atoms. The molecule has 0 aromatic rings. The Labute approximate surface area is 176 Å². The minimum atomic E-state index is -1.03. The number of aliphatic hydroxyl groups excluding tert-OH is 2. The van der Waals surface area contributed by atoms with Crippen molar-refractivity contribution < 1.29 is 45.6 Å². The number of hydrogen-bond donors (Lipinski definition) is 4. The maximum atomic E-state index is 10.4. The summed E-state index contributed by atoms with van der Waals surface area (Å²) in [5, 5.41) is 38.0. The van der Waals surface area contributed by atoms with Crippen molar-refractivity contribution >= 4 is 5.97 Å². The monoisotopic (exact) mass is 551 g/mol. The van der Waals surface area contributed by atoms with Gasteiger partial charge in [-0.15, -0.1) is 0 Å². The van der Waals surface area contributed by atoms with Crippen LogP contribution in [0.1, 0.15) is 58.8 Å². The maximum Gasteiger partial charge on any atom is 0.303 e. The fourth-order valence-corrected chi connectivity index (χ4v) is 2.12. The van der Waals surface area contributed by atoms with Gasteiger partial charge in [0, 0.05) is 33.3 Å². The molecule has 0 aromatic carbocycles. The third kappa shape index (κ3) is 17.9. The molecule has 153 valence electrons. The Hall–Kier alpha value is -1.21. The van der Waals surface area contributed by atoms with Crippen LogP contribution < -0.4 is 0 Å². The van der Waals surface area contributed by atoms with Gasteiger partial charge < -0.3 is 20.4 Å². The van der Waals surface area contributed by atoms with Crippen LogP contribution >= 0.6 is 0 Å². The number of unbranched alkanes of at least 4 members (excludes halogenated alkanes) is 1. The Morgan fingerprint density at radius 3 is 2.44 bits per heavy atom. The molecule has 0 aliphatic rings. The number of hydrogen-bond acceptors (Lipinski definition) is 4. The predicted octanol–water partition coefficient (Wildman–Crippen LogP) is 2.96. The van der Waals surface area contributed by atoms with Gasteiger partial charge in [0.15, 0.2) is 0 Å². The maximum absolute atomic E-state index is 10.4. The summed E-state index contributed by atoms with van der Waals surface area (Å²) in [5.41, 5.74) is -0.739. The van der Waals surface area contributed by atoms with Crippen LogP contribution in [0.2, 0.25) is 0 Å². The molecule has 5 nitrogen and oxygen atoms in total. The molecule has 6 heteroatoms. The standard InChI is InChI=1S/C21H32O5.Re/c1-3-4-16-21(2,26)17-11-9-7-5-6-8-10-13-18(22)19(23)14-12-15-20(24)25;/h5-8,10,13,18-19,22-23,26H,3-4,12,14-17H2,1-2H3,(H,24,25);/b7-5-,8-6+,13-10+;/t18-,19+,21?;/m1./s1. The molecule has 0 aromatic heterocycles. The van der Waals surface area contributed by atoms with E-state index in [0.717, 1.165) is 19.3 Å². The fraction of sp³-hybridized carbons (Fsp3) is 0.571. The van der Waals surface area contributed by atoms with E-state index < -0.39 is 23.8 Å². The summed E-state index contributed by atoms with van der Waals surface area (Å²) in [7, 11) is 0. The SMILES string of the molecule is CCCCC(C)(O)CC#C\C=C/C=C/C=C/[C@@H](O)[C@@H](O)CCCC(=O)O.[Re]. The Morgan fingerprint density at radius 2 is 1.81 bits per heavy atom. The summed E-state index contributed by atoms with van der Waals surface area (Å²) in [6, 6.07) is 0. The van der Waals surface area contributed by atoms with Crippen molar-refractivity contribution in [3.8, 4) is 11.8 Å². The van der Waals surface area contributed by atoms with E-state index in [1.54, 1.807) is 37.3 Å². The molecule has 0 amide bonds. The van der Waals surface area contributed by atoms with Crippen LogP contribution in [0.3, 0.4) is 0 Å². The second kappa shape index (κ2) is 16.9. The molecule has 27 heavy (non-hydrogen) atoms. The van der Waals surface area contributed by atoms with Crippen LogP contribution in [0.15, 0.2) is 36.5 Å². The molecule has 3 atom stereocenters. The van der Waals surface area contributed by atoms with Gasteiger partial charge in [-0.1, -0.05) is 62.0 Å². The molecule has 0 heterocycles. The first kappa shape index (κ1) is 28.0. The number of carboxylic acids is 1. The molecule has 0 aliphatic heterocycles. The third-order valence-corrected chi connectivity index (χ3v) is 3.75. The molecular weight excluding hydrogens is 518 g/mol. The average molecular weight is 551 g/mol. The number of carbonyl (C=O) groups is 1. The van der Waals surface area contributed by atoms with Gasteiger partial charge in [-0.05, 0) is 32.3 Å². The number of allylic oxidation sites excluding steroid dienone is 5. The zero-order valence-corrected chi connectivity index (χ0v) is 18.9. The smallest absolute Gasteiger partial charge is 0.303 e. The van der Waals surface area contributed by atoms with E-state index in [1.165, 1.54) is 6.08 Å². The van der Waals surface area contributed by atoms with Crippen molar-refractivity contribution in [2.75, 3.05) is 0 Å². The summed E-state index contributed by atoms with van der Waals surface area (Å²) in [6.45, 7) is 3.89. The number of rotatable bonds is 12. The molecule has 0 aliphatic carbocycles. The van der Waals surface area contributed by atoms with Gasteiger partial charge in [-0.25, -0.2) is 0 Å². The molecule has 0 rings (SSSR count). The molecular formula is C21H32O5Re. The Kier molecular flexibility index (Phi) is 17.6. The van der Waals surface area contributed by atoms with Crippen molar-refractivity contribution in [3.63, 3.8) is 0 Å². The van der Waals surface area contributed by atoms with Gasteiger partial charge in [0.25, 0.3) is 0 Å². The van der Waals surface area contributed by atoms with Crippen LogP contribution in [0.25, 0.3) is 0 Å². The van der Waals surface area contributed by atoms with Crippen molar-refractivity contribution in [2.24, 2.45) is 0 Å². The first-order valence-electron chi connectivity index (χ1n) is 9.07. The van der Waals surface area contributed by atoms with Crippen LogP contribution in [0, 0.1) is 11.8 Å². The van der Waals surface area contributed by atoms with Gasteiger partial charge in [-0.3, -0.25) is 4.79 Å². The average Bonchev–Trinajstić information content (AvgIpc) is 2.57. The predicted molar refractivity (Wildman–Crippen MR) is 103 cm³/mol. The largest absolute Gasteiger partial charge is 0.481 e. The second-order valence-electron chi connectivity index (χ2n) is 6.57. The second-order valence-corrected chi connectivity index (χ2v) is 6.57. The summed E-state index contributed by atoms with van der Waals surface area (Å²) in [4.78, 5) is 10.4. The number of carboxylic acid groups (broad SMARTS) is 1. The van der Waals surface area contributed by atoms with Gasteiger partial charge in [0.05, 0.1) is 17.8 Å². The van der Waals surface area contributed by atoms with Crippen LogP contribution in [-0.4, -0.2) is 44.2 Å². The quantitative estimate of drug-likeness (QED) is 0.221. The summed E-state index contributed by atoms with van der Waals surface area (Å²) in [6.07, 6.45) is 11.7. The first-order chi connectivity index (χ1) is 12.3. The van der Waals surface area contributed by atoms with Crippen molar-refractivity contribution in [1.29, 1.82) is 0 Å². The molecule has 0 fully saturated rings. The third-order valence-electron chi connectivity index (χ3n) is 3.75. The Morgan fingerprint density at radius 1 is 1.15 bits per heavy atom. The van der Waals surface area contributed by atoms with Gasteiger partial charge in [0.1, 0.15) is 0 Å². The Bertz CT molecular complexity index is 541. The molecule has 0 saturated heterocycles. The molecule has 1 unspecified atom stereocenters. The van der Waals surface area contributed by atoms with Gasteiger partial charge in [-0.2, -0.15) is 0 Å². The van der Waals surface area contributed by atoms with Crippen LogP contribution in [-0.2, 0) is 25.2 Å². The van der Waals surface area contributed by atoms with E-state index >= 15 is 0 Å². The van der Waals surface area contributed by atoms with E-state index in [9.17, 15) is 20.1 Å². The van der Waals surface area contributed by atoms with Gasteiger partial charge >= 0.3 is 5.97 Å². The first-order valence-corrected chi connectivity index (χ1v) is 9.07. The topological polar surface area (TPSA) is 98.0 Å². The number of aliphatic carboxylic acids is 1. The summed E-state index contributed by atoms with van der Waals surface area (Å²) in [5.74, 6) is 4.89. The van der Waals surface area contributed by atoms with E-state index in [-0.39, 0.29) is 33.3 Å². The van der Waals surface area contributed by atoms with Crippen LogP contribution in [0.4, 0.5) is 0 Å². The van der Waals surface area contributed by atoms with E-state index in [0.29, 0.717) is 12.8 Å². The molecule has 0 saturated carbocycles. The zero-order chi connectivity index (χ0) is 19.8. The van der Waals surface area contributed by atoms with Crippen molar-refractivity contribution in [1.82, 2.24) is 0 Å². The molecule has 1 radical (unpaired) electrons. The van der Waals surface area contributed by atoms with Crippen LogP contribution in [0.5, 0.6) is 0 Å².